The lowest BCUT2D eigenvalue weighted by Crippen LogP contribution is -2.01. The van der Waals surface area contributed by atoms with E-state index in [0.29, 0.717) is 10.7 Å². The Morgan fingerprint density at radius 3 is 2.56 bits per heavy atom. The molecule has 1 heterocycles. The molecule has 0 atom stereocenters. The molecule has 0 fully saturated rings. The average molecular weight is 355 g/mol. The maximum Gasteiger partial charge on any atom is 0.286 e. The highest BCUT2D eigenvalue weighted by atomic mass is 32.2. The van der Waals surface area contributed by atoms with E-state index in [1.807, 2.05) is 18.2 Å². The van der Waals surface area contributed by atoms with E-state index in [-0.39, 0.29) is 23.4 Å². The summed E-state index contributed by atoms with van der Waals surface area (Å²) < 4.78 is 5.79. The van der Waals surface area contributed by atoms with Crippen molar-refractivity contribution in [1.82, 2.24) is 0 Å². The molecular formula is C17H13N3O4S. The molecule has 0 spiro atoms. The largest absolute Gasteiger partial charge is 0.488 e. The monoisotopic (exact) mass is 355 g/mol. The van der Waals surface area contributed by atoms with Crippen LogP contribution in [-0.2, 0) is 11.4 Å². The molecule has 1 aliphatic rings. The minimum atomic E-state index is -0.448. The van der Waals surface area contributed by atoms with Crippen LogP contribution in [0.3, 0.4) is 0 Å². The van der Waals surface area contributed by atoms with E-state index in [1.54, 1.807) is 24.3 Å². The van der Waals surface area contributed by atoms with E-state index in [2.05, 4.69) is 4.99 Å². The summed E-state index contributed by atoms with van der Waals surface area (Å²) >= 11 is 1.12. The van der Waals surface area contributed by atoms with E-state index in [0.717, 1.165) is 22.9 Å². The Morgan fingerprint density at radius 1 is 1.20 bits per heavy atom. The third-order valence-corrected chi connectivity index (χ3v) is 4.20. The van der Waals surface area contributed by atoms with Gasteiger partial charge in [-0.15, -0.1) is 0 Å². The maximum absolute atomic E-state index is 11.7. The molecule has 2 aromatic rings. The first-order valence-corrected chi connectivity index (χ1v) is 8.08. The van der Waals surface area contributed by atoms with Gasteiger partial charge in [0.2, 0.25) is 0 Å². The first-order chi connectivity index (χ1) is 12.0. The number of carbonyl (C=O) groups is 1. The average Bonchev–Trinajstić information content (AvgIpc) is 2.91. The number of nitrogens with two attached hydrogens (primary N) is 1. The van der Waals surface area contributed by atoms with Gasteiger partial charge in [0.1, 0.15) is 12.4 Å². The van der Waals surface area contributed by atoms with Crippen molar-refractivity contribution in [3.8, 4) is 5.75 Å². The van der Waals surface area contributed by atoms with Gasteiger partial charge < -0.3 is 10.5 Å². The Balaban J connectivity index is 1.74. The third-order valence-electron chi connectivity index (χ3n) is 3.38. The standard InChI is InChI=1S/C17H13N3O4S/c18-17-19-16(21)15(25-17)9-12-3-1-2-4-14(12)24-10-11-5-7-13(8-6-11)20(22)23/h1-9H,10H2,(H2,18,19,21)/b15-9+. The molecule has 2 N–H and O–H groups in total. The number of aliphatic imine (C=N–C) groups is 1. The molecule has 2 aromatic carbocycles. The number of non-ortho nitro benzene ring substituents is 1. The third kappa shape index (κ3) is 4.04. The van der Waals surface area contributed by atoms with Crippen LogP contribution < -0.4 is 10.5 Å². The summed E-state index contributed by atoms with van der Waals surface area (Å²) in [6, 6.07) is 13.4. The molecule has 0 unspecified atom stereocenters. The highest BCUT2D eigenvalue weighted by Crippen LogP contribution is 2.30. The number of para-hydroxylation sites is 1. The van der Waals surface area contributed by atoms with Crippen molar-refractivity contribution in [1.29, 1.82) is 0 Å². The van der Waals surface area contributed by atoms with Crippen LogP contribution in [0.2, 0.25) is 0 Å². The van der Waals surface area contributed by atoms with Gasteiger partial charge in [-0.1, -0.05) is 18.2 Å². The zero-order valence-corrected chi connectivity index (χ0v) is 13.7. The van der Waals surface area contributed by atoms with Crippen LogP contribution in [0.5, 0.6) is 5.75 Å². The SMILES string of the molecule is NC1=NC(=O)/C(=C\c2ccccc2OCc2ccc([N+](=O)[O-])cc2)S1. The molecule has 0 saturated carbocycles. The quantitative estimate of drug-likeness (QED) is 0.501. The molecule has 126 valence electrons. The van der Waals surface area contributed by atoms with Crippen molar-refractivity contribution in [2.75, 3.05) is 0 Å². The fourth-order valence-electron chi connectivity index (χ4n) is 2.17. The number of rotatable bonds is 5. The van der Waals surface area contributed by atoms with Crippen molar-refractivity contribution in [3.05, 3.63) is 74.7 Å². The number of nitrogens with zero attached hydrogens (tertiary/aromatic N) is 2. The smallest absolute Gasteiger partial charge is 0.286 e. The molecule has 0 aliphatic carbocycles. The molecule has 8 heteroatoms. The van der Waals surface area contributed by atoms with Crippen molar-refractivity contribution in [3.63, 3.8) is 0 Å². The molecule has 1 aliphatic heterocycles. The first-order valence-electron chi connectivity index (χ1n) is 7.26. The van der Waals surface area contributed by atoms with Crippen LogP contribution in [0.25, 0.3) is 6.08 Å². The van der Waals surface area contributed by atoms with Gasteiger partial charge in [0, 0.05) is 17.7 Å². The summed E-state index contributed by atoms with van der Waals surface area (Å²) in [5, 5.41) is 10.9. The summed E-state index contributed by atoms with van der Waals surface area (Å²) in [5.74, 6) is 0.222. The number of hydrogen-bond acceptors (Lipinski definition) is 6. The lowest BCUT2D eigenvalue weighted by atomic mass is 10.1. The zero-order chi connectivity index (χ0) is 17.8. The number of ether oxygens (including phenoxy) is 1. The van der Waals surface area contributed by atoms with Gasteiger partial charge in [0.05, 0.1) is 9.83 Å². The second-order valence-electron chi connectivity index (χ2n) is 5.12. The molecule has 0 saturated heterocycles. The predicted octanol–water partition coefficient (Wildman–Crippen LogP) is 3.10. The first kappa shape index (κ1) is 16.7. The fourth-order valence-corrected chi connectivity index (χ4v) is 2.85. The van der Waals surface area contributed by atoms with Gasteiger partial charge in [-0.3, -0.25) is 14.9 Å². The Kier molecular flexibility index (Phi) is 4.80. The minimum Gasteiger partial charge on any atom is -0.488 e. The highest BCUT2D eigenvalue weighted by molar-refractivity contribution is 8.18. The van der Waals surface area contributed by atoms with Crippen LogP contribution >= 0.6 is 11.8 Å². The van der Waals surface area contributed by atoms with Gasteiger partial charge >= 0.3 is 0 Å². The lowest BCUT2D eigenvalue weighted by Gasteiger charge is -2.09. The van der Waals surface area contributed by atoms with Crippen LogP contribution in [0.15, 0.2) is 58.4 Å². The van der Waals surface area contributed by atoms with E-state index >= 15 is 0 Å². The van der Waals surface area contributed by atoms with Crippen molar-refractivity contribution in [2.24, 2.45) is 10.7 Å². The van der Waals surface area contributed by atoms with Crippen molar-refractivity contribution < 1.29 is 14.5 Å². The van der Waals surface area contributed by atoms with Crippen LogP contribution in [0.4, 0.5) is 5.69 Å². The normalized spacial score (nSPS) is 15.3. The lowest BCUT2D eigenvalue weighted by molar-refractivity contribution is -0.384. The van der Waals surface area contributed by atoms with E-state index in [1.165, 1.54) is 12.1 Å². The predicted molar refractivity (Wildman–Crippen MR) is 96.1 cm³/mol. The summed E-state index contributed by atoms with van der Waals surface area (Å²) in [7, 11) is 0. The van der Waals surface area contributed by atoms with Crippen molar-refractivity contribution in [2.45, 2.75) is 6.61 Å². The molecule has 7 nitrogen and oxygen atoms in total. The van der Waals surface area contributed by atoms with E-state index < -0.39 is 4.92 Å². The van der Waals surface area contributed by atoms with Gasteiger partial charge in [0.15, 0.2) is 5.17 Å². The second-order valence-corrected chi connectivity index (χ2v) is 6.18. The molecule has 3 rings (SSSR count). The Labute approximate surface area is 147 Å². The molecule has 0 bridgehead atoms. The number of hydrogen-bond donors (Lipinski definition) is 1. The topological polar surface area (TPSA) is 108 Å². The molecular weight excluding hydrogens is 342 g/mol. The molecule has 25 heavy (non-hydrogen) atoms. The number of carbonyl (C=O) groups excluding carboxylic acids is 1. The highest BCUT2D eigenvalue weighted by Gasteiger charge is 2.20. The number of nitro groups is 1. The zero-order valence-electron chi connectivity index (χ0n) is 12.9. The fraction of sp³-hybridized carbons (Fsp3) is 0.0588. The summed E-state index contributed by atoms with van der Waals surface area (Å²) in [6.45, 7) is 0.248. The summed E-state index contributed by atoms with van der Waals surface area (Å²) in [5.41, 5.74) is 7.10. The molecule has 0 radical (unpaired) electrons. The number of thioether (sulfide) groups is 1. The van der Waals surface area contributed by atoms with Gasteiger partial charge in [0.25, 0.3) is 11.6 Å². The van der Waals surface area contributed by atoms with Crippen molar-refractivity contribution >= 4 is 34.6 Å². The van der Waals surface area contributed by atoms with Crippen LogP contribution in [-0.4, -0.2) is 16.0 Å². The Hall–Kier alpha value is -3.13. The number of nitro benzene ring substituents is 1. The number of benzene rings is 2. The Bertz CT molecular complexity index is 891. The van der Waals surface area contributed by atoms with Crippen LogP contribution in [0, 0.1) is 10.1 Å². The number of amides is 1. The summed E-state index contributed by atoms with van der Waals surface area (Å²) in [4.78, 5) is 26.0. The molecule has 1 amide bonds. The van der Waals surface area contributed by atoms with Crippen LogP contribution in [0.1, 0.15) is 11.1 Å². The maximum atomic E-state index is 11.7. The van der Waals surface area contributed by atoms with E-state index in [4.69, 9.17) is 10.5 Å². The van der Waals surface area contributed by atoms with Gasteiger partial charge in [-0.05, 0) is 41.6 Å². The van der Waals surface area contributed by atoms with E-state index in [9.17, 15) is 14.9 Å². The Morgan fingerprint density at radius 2 is 1.92 bits per heavy atom. The molecule has 0 aromatic heterocycles. The second kappa shape index (κ2) is 7.18. The minimum absolute atomic E-state index is 0.0308. The van der Waals surface area contributed by atoms with Gasteiger partial charge in [-0.25, -0.2) is 0 Å². The number of amidine groups is 1. The summed E-state index contributed by atoms with van der Waals surface area (Å²) in [6.07, 6.45) is 1.68. The van der Waals surface area contributed by atoms with Gasteiger partial charge in [-0.2, -0.15) is 4.99 Å².